The highest BCUT2D eigenvalue weighted by atomic mass is 16.6. The number of fused-ring (bicyclic) bond motifs is 1. The van der Waals surface area contributed by atoms with Crippen molar-refractivity contribution < 1.29 is 23.8 Å². The number of benzene rings is 3. The van der Waals surface area contributed by atoms with E-state index in [2.05, 4.69) is 36.4 Å². The SMILES string of the molecule is CC.CC.CCOC(=O)NN(C(=O)Nc1cccc(C(C)(C)C)c1)c1ccc(OCCN2CCOCC2)c2ccccc12. The predicted octanol–water partition coefficient (Wildman–Crippen LogP) is 7.60. The van der Waals surface area contributed by atoms with E-state index in [1.807, 2.05) is 82.3 Å². The number of carbonyl (C=O) groups excluding carboxylic acids is 2. The molecule has 0 radical (unpaired) electrons. The summed E-state index contributed by atoms with van der Waals surface area (Å²) in [6, 6.07) is 18.4. The maximum Gasteiger partial charge on any atom is 0.426 e. The number of nitrogens with zero attached hydrogens (tertiary/aromatic N) is 2. The van der Waals surface area contributed by atoms with Gasteiger partial charge in [-0.25, -0.2) is 15.0 Å². The molecule has 0 saturated carbocycles. The molecule has 3 amide bonds. The highest BCUT2D eigenvalue weighted by Gasteiger charge is 2.23. The summed E-state index contributed by atoms with van der Waals surface area (Å²) in [6.45, 7) is 20.8. The fourth-order valence-electron chi connectivity index (χ4n) is 4.40. The number of anilines is 2. The van der Waals surface area contributed by atoms with Crippen molar-refractivity contribution in [3.05, 3.63) is 66.2 Å². The Balaban J connectivity index is 0.00000155. The lowest BCUT2D eigenvalue weighted by Gasteiger charge is -2.27. The molecule has 0 bridgehead atoms. The number of carbonyl (C=O) groups is 2. The van der Waals surface area contributed by atoms with Crippen molar-refractivity contribution in [2.24, 2.45) is 0 Å². The molecule has 0 unspecified atom stereocenters. The fraction of sp³-hybridized carbons (Fsp3) is 0.471. The number of nitrogens with one attached hydrogen (secondary N) is 2. The molecule has 1 fully saturated rings. The van der Waals surface area contributed by atoms with Gasteiger partial charge in [0.2, 0.25) is 0 Å². The van der Waals surface area contributed by atoms with Crippen molar-refractivity contribution in [3.63, 3.8) is 0 Å². The molecule has 0 aromatic heterocycles. The molecular formula is C34H50N4O5. The first-order chi connectivity index (χ1) is 20.8. The first kappa shape index (κ1) is 35.4. The molecule has 9 nitrogen and oxygen atoms in total. The Labute approximate surface area is 257 Å². The van der Waals surface area contributed by atoms with Gasteiger partial charge in [0.05, 0.1) is 25.5 Å². The largest absolute Gasteiger partial charge is 0.492 e. The zero-order chi connectivity index (χ0) is 31.8. The Morgan fingerprint density at radius 3 is 2.26 bits per heavy atom. The minimum absolute atomic E-state index is 0.0859. The Hall–Kier alpha value is -3.82. The van der Waals surface area contributed by atoms with E-state index in [4.69, 9.17) is 14.2 Å². The third-order valence-corrected chi connectivity index (χ3v) is 6.53. The first-order valence-corrected chi connectivity index (χ1v) is 15.4. The summed E-state index contributed by atoms with van der Waals surface area (Å²) in [4.78, 5) is 28.4. The van der Waals surface area contributed by atoms with E-state index in [1.54, 1.807) is 13.0 Å². The molecule has 1 saturated heterocycles. The molecule has 3 aromatic carbocycles. The Bertz CT molecular complexity index is 1290. The van der Waals surface area contributed by atoms with Crippen molar-refractivity contribution in [1.29, 1.82) is 0 Å². The lowest BCUT2D eigenvalue weighted by Crippen LogP contribution is -2.49. The van der Waals surface area contributed by atoms with Crippen molar-refractivity contribution >= 4 is 34.3 Å². The van der Waals surface area contributed by atoms with Crippen LogP contribution in [0.1, 0.15) is 61.0 Å². The zero-order valence-corrected chi connectivity index (χ0v) is 27.2. The zero-order valence-electron chi connectivity index (χ0n) is 27.2. The molecule has 1 aliphatic heterocycles. The summed E-state index contributed by atoms with van der Waals surface area (Å²) in [5.41, 5.74) is 4.70. The van der Waals surface area contributed by atoms with Crippen LogP contribution in [0, 0.1) is 0 Å². The second kappa shape index (κ2) is 18.0. The van der Waals surface area contributed by atoms with Crippen LogP contribution in [0.3, 0.4) is 0 Å². The van der Waals surface area contributed by atoms with Crippen LogP contribution in [-0.2, 0) is 14.9 Å². The quantitative estimate of drug-likeness (QED) is 0.274. The van der Waals surface area contributed by atoms with Gasteiger partial charge < -0.3 is 19.5 Å². The van der Waals surface area contributed by atoms with Gasteiger partial charge >= 0.3 is 12.1 Å². The number of rotatable bonds is 7. The molecule has 0 aliphatic carbocycles. The molecule has 236 valence electrons. The highest BCUT2D eigenvalue weighted by Crippen LogP contribution is 2.34. The summed E-state index contributed by atoms with van der Waals surface area (Å²) in [5.74, 6) is 0.706. The lowest BCUT2D eigenvalue weighted by molar-refractivity contribution is 0.0323. The van der Waals surface area contributed by atoms with Gasteiger partial charge in [-0.15, -0.1) is 0 Å². The van der Waals surface area contributed by atoms with Gasteiger partial charge in [0.15, 0.2) is 0 Å². The topological polar surface area (TPSA) is 92.4 Å². The average molecular weight is 595 g/mol. The van der Waals surface area contributed by atoms with E-state index in [9.17, 15) is 9.59 Å². The summed E-state index contributed by atoms with van der Waals surface area (Å²) in [6.07, 6.45) is -0.731. The normalized spacial score (nSPS) is 13.0. The number of morpholine rings is 1. The van der Waals surface area contributed by atoms with Crippen molar-refractivity contribution in [1.82, 2.24) is 10.3 Å². The van der Waals surface area contributed by atoms with E-state index in [1.165, 1.54) is 5.01 Å². The number of amides is 3. The summed E-state index contributed by atoms with van der Waals surface area (Å²) >= 11 is 0. The van der Waals surface area contributed by atoms with Crippen LogP contribution in [0.5, 0.6) is 5.75 Å². The van der Waals surface area contributed by atoms with Gasteiger partial charge in [-0.2, -0.15) is 5.01 Å². The van der Waals surface area contributed by atoms with Crippen LogP contribution in [0.15, 0.2) is 60.7 Å². The van der Waals surface area contributed by atoms with E-state index in [0.717, 1.165) is 49.2 Å². The summed E-state index contributed by atoms with van der Waals surface area (Å²) in [5, 5.41) is 5.68. The number of hydrogen-bond acceptors (Lipinski definition) is 6. The molecule has 2 N–H and O–H groups in total. The third-order valence-electron chi connectivity index (χ3n) is 6.53. The van der Waals surface area contributed by atoms with Crippen LogP contribution < -0.4 is 20.5 Å². The van der Waals surface area contributed by atoms with Crippen LogP contribution in [0.25, 0.3) is 10.8 Å². The van der Waals surface area contributed by atoms with Crippen molar-refractivity contribution in [2.75, 3.05) is 56.4 Å². The molecule has 3 aromatic rings. The van der Waals surface area contributed by atoms with Gasteiger partial charge in [0.25, 0.3) is 0 Å². The predicted molar refractivity (Wildman–Crippen MR) is 176 cm³/mol. The van der Waals surface area contributed by atoms with Gasteiger partial charge in [-0.05, 0) is 42.2 Å². The second-order valence-corrected chi connectivity index (χ2v) is 10.4. The van der Waals surface area contributed by atoms with Crippen LogP contribution in [0.2, 0.25) is 0 Å². The lowest BCUT2D eigenvalue weighted by atomic mass is 9.87. The standard InChI is InChI=1S/C30H38N4O5.2C2H6/c1-5-38-29(36)32-34(28(35)31-23-10-8-9-22(21-23)30(2,3)4)26-13-14-27(25-12-7-6-11-24(25)26)39-20-17-33-15-18-37-19-16-33;2*1-2/h6-14,21H,5,15-20H2,1-4H3,(H,31,35)(H,32,36);2*1-2H3. The maximum atomic E-state index is 13.6. The Morgan fingerprint density at radius 2 is 1.60 bits per heavy atom. The minimum Gasteiger partial charge on any atom is -0.492 e. The van der Waals surface area contributed by atoms with E-state index >= 15 is 0 Å². The minimum atomic E-state index is -0.731. The monoisotopic (exact) mass is 594 g/mol. The van der Waals surface area contributed by atoms with Crippen molar-refractivity contribution in [3.8, 4) is 5.75 Å². The fourth-order valence-corrected chi connectivity index (χ4v) is 4.40. The van der Waals surface area contributed by atoms with Gasteiger partial charge in [0, 0.05) is 36.1 Å². The van der Waals surface area contributed by atoms with Crippen LogP contribution >= 0.6 is 0 Å². The molecule has 1 aliphatic rings. The van der Waals surface area contributed by atoms with E-state index < -0.39 is 12.1 Å². The second-order valence-electron chi connectivity index (χ2n) is 10.4. The van der Waals surface area contributed by atoms with Gasteiger partial charge in [0.1, 0.15) is 12.4 Å². The summed E-state index contributed by atoms with van der Waals surface area (Å²) < 4.78 is 16.7. The number of ether oxygens (including phenoxy) is 3. The molecule has 9 heteroatoms. The van der Waals surface area contributed by atoms with Gasteiger partial charge in [-0.3, -0.25) is 4.90 Å². The highest BCUT2D eigenvalue weighted by molar-refractivity contribution is 6.09. The smallest absolute Gasteiger partial charge is 0.426 e. The third kappa shape index (κ3) is 10.4. The molecule has 1 heterocycles. The number of hydrazine groups is 1. The van der Waals surface area contributed by atoms with Crippen LogP contribution in [-0.4, -0.2) is 63.1 Å². The van der Waals surface area contributed by atoms with Gasteiger partial charge in [-0.1, -0.05) is 84.9 Å². The van der Waals surface area contributed by atoms with E-state index in [0.29, 0.717) is 23.7 Å². The Morgan fingerprint density at radius 1 is 0.930 bits per heavy atom. The number of urea groups is 1. The molecule has 0 atom stereocenters. The van der Waals surface area contributed by atoms with E-state index in [-0.39, 0.29) is 12.0 Å². The Kier molecular flexibility index (Phi) is 14.8. The summed E-state index contributed by atoms with van der Waals surface area (Å²) in [7, 11) is 0. The maximum absolute atomic E-state index is 13.6. The molecule has 43 heavy (non-hydrogen) atoms. The molecule has 4 rings (SSSR count). The molecular weight excluding hydrogens is 544 g/mol. The first-order valence-electron chi connectivity index (χ1n) is 15.4. The average Bonchev–Trinajstić information content (AvgIpc) is 3.02. The molecule has 0 spiro atoms. The van der Waals surface area contributed by atoms with Crippen LogP contribution in [0.4, 0.5) is 21.0 Å². The number of hydrogen-bond donors (Lipinski definition) is 2. The van der Waals surface area contributed by atoms with Crippen molar-refractivity contribution in [2.45, 2.75) is 60.8 Å².